The highest BCUT2D eigenvalue weighted by Gasteiger charge is 2.38. The zero-order valence-corrected chi connectivity index (χ0v) is 17.3. The Kier molecular flexibility index (Phi) is 11.7. The molecule has 2 N–H and O–H groups in total. The molecule has 0 heterocycles. The van der Waals surface area contributed by atoms with E-state index in [2.05, 4.69) is 4.74 Å². The van der Waals surface area contributed by atoms with Crippen LogP contribution in [0.15, 0.2) is 12.2 Å². The van der Waals surface area contributed by atoms with E-state index in [1.54, 1.807) is 6.92 Å². The molecule has 1 aliphatic carbocycles. The quantitative estimate of drug-likeness (QED) is 0.266. The zero-order chi connectivity index (χ0) is 22.5. The van der Waals surface area contributed by atoms with Crippen LogP contribution in [0.1, 0.15) is 39.0 Å². The van der Waals surface area contributed by atoms with E-state index in [0.29, 0.717) is 19.3 Å². The van der Waals surface area contributed by atoms with Crippen LogP contribution < -0.4 is 0 Å². The Balaban J connectivity index is 2.45. The molecule has 30 heavy (non-hydrogen) atoms. The van der Waals surface area contributed by atoms with Crippen molar-refractivity contribution in [2.75, 3.05) is 26.9 Å². The molecule has 10 heteroatoms. The molecule has 0 aromatic heterocycles. The van der Waals surface area contributed by atoms with Crippen LogP contribution in [0.3, 0.4) is 0 Å². The number of aliphatic hydroxyl groups is 2. The Morgan fingerprint density at radius 3 is 1.80 bits per heavy atom. The fourth-order valence-corrected chi connectivity index (χ4v) is 2.86. The maximum Gasteiger partial charge on any atom is 0.331 e. The van der Waals surface area contributed by atoms with Crippen molar-refractivity contribution in [2.45, 2.75) is 51.2 Å². The predicted octanol–water partition coefficient (Wildman–Crippen LogP) is 0.283. The maximum atomic E-state index is 12.4. The van der Waals surface area contributed by atoms with E-state index in [1.807, 2.05) is 0 Å². The topological polar surface area (TPSA) is 146 Å². The lowest BCUT2D eigenvalue weighted by molar-refractivity contribution is -0.166. The number of hydrogen-bond acceptors (Lipinski definition) is 10. The summed E-state index contributed by atoms with van der Waals surface area (Å²) in [5, 5.41) is 19.4. The molecule has 1 aliphatic rings. The largest absolute Gasteiger partial charge is 0.466 e. The highest BCUT2D eigenvalue weighted by molar-refractivity contribution is 5.91. The molecule has 0 bridgehead atoms. The third-order valence-corrected chi connectivity index (χ3v) is 4.65. The molecule has 0 aliphatic heterocycles. The van der Waals surface area contributed by atoms with Gasteiger partial charge in [-0.15, -0.1) is 0 Å². The summed E-state index contributed by atoms with van der Waals surface area (Å²) >= 11 is 0. The second-order valence-electron chi connectivity index (χ2n) is 6.96. The normalized spacial score (nSPS) is 20.8. The second-order valence-corrected chi connectivity index (χ2v) is 6.96. The van der Waals surface area contributed by atoms with Gasteiger partial charge in [0.15, 0.2) is 0 Å². The van der Waals surface area contributed by atoms with Gasteiger partial charge in [-0.05, 0) is 19.3 Å². The first-order valence-electron chi connectivity index (χ1n) is 9.90. The number of ether oxygens (including phenoxy) is 4. The minimum Gasteiger partial charge on any atom is -0.466 e. The Morgan fingerprint density at radius 2 is 1.30 bits per heavy atom. The zero-order valence-electron chi connectivity index (χ0n) is 17.3. The lowest BCUT2D eigenvalue weighted by atomic mass is 9.79. The van der Waals surface area contributed by atoms with Crippen LogP contribution in [-0.2, 0) is 38.1 Å². The van der Waals surface area contributed by atoms with Crippen LogP contribution in [0.25, 0.3) is 0 Å². The van der Waals surface area contributed by atoms with Crippen molar-refractivity contribution in [1.82, 2.24) is 0 Å². The van der Waals surface area contributed by atoms with Gasteiger partial charge in [-0.2, -0.15) is 0 Å². The SMILES string of the molecule is CCC(O)COC(=O)C1CCCCC1C(=O)OCC(O)COC(=O)/C=C/C(=O)OC. The van der Waals surface area contributed by atoms with Gasteiger partial charge in [0.05, 0.1) is 25.0 Å². The third-order valence-electron chi connectivity index (χ3n) is 4.65. The number of hydrogen-bond donors (Lipinski definition) is 2. The van der Waals surface area contributed by atoms with Gasteiger partial charge >= 0.3 is 23.9 Å². The molecule has 10 nitrogen and oxygen atoms in total. The fourth-order valence-electron chi connectivity index (χ4n) is 2.86. The molecule has 170 valence electrons. The molecule has 0 radical (unpaired) electrons. The lowest BCUT2D eigenvalue weighted by Gasteiger charge is -2.28. The van der Waals surface area contributed by atoms with Crippen molar-refractivity contribution in [1.29, 1.82) is 0 Å². The number of esters is 4. The number of rotatable bonds is 11. The van der Waals surface area contributed by atoms with E-state index in [1.165, 1.54) is 0 Å². The second kappa shape index (κ2) is 13.7. The summed E-state index contributed by atoms with van der Waals surface area (Å²) < 4.78 is 19.2. The van der Waals surface area contributed by atoms with E-state index in [4.69, 9.17) is 14.2 Å². The molecular formula is C20H30O10. The van der Waals surface area contributed by atoms with E-state index in [0.717, 1.165) is 32.1 Å². The molecule has 4 atom stereocenters. The van der Waals surface area contributed by atoms with Crippen molar-refractivity contribution in [2.24, 2.45) is 11.8 Å². The van der Waals surface area contributed by atoms with E-state index in [-0.39, 0.29) is 6.61 Å². The Hall–Kier alpha value is -2.46. The molecule has 4 unspecified atom stereocenters. The minimum atomic E-state index is -1.27. The summed E-state index contributed by atoms with van der Waals surface area (Å²) in [5.41, 5.74) is 0. The molecule has 0 amide bonds. The average molecular weight is 430 g/mol. The van der Waals surface area contributed by atoms with Crippen molar-refractivity contribution in [3.63, 3.8) is 0 Å². The summed E-state index contributed by atoms with van der Waals surface area (Å²) in [4.78, 5) is 47.0. The van der Waals surface area contributed by atoms with Crippen LogP contribution in [0.2, 0.25) is 0 Å². The number of carbonyl (C=O) groups is 4. The van der Waals surface area contributed by atoms with Crippen LogP contribution in [0.5, 0.6) is 0 Å². The molecule has 1 saturated carbocycles. The standard InChI is InChI=1S/C20H30O10/c1-3-13(21)10-29-19(25)15-6-4-5-7-16(15)20(26)30-12-14(22)11-28-18(24)9-8-17(23)27-2/h8-9,13-16,21-22H,3-7,10-12H2,1-2H3/b9-8+. The van der Waals surface area contributed by atoms with Crippen LogP contribution >= 0.6 is 0 Å². The van der Waals surface area contributed by atoms with E-state index in [9.17, 15) is 29.4 Å². The number of carbonyl (C=O) groups excluding carboxylic acids is 4. The van der Waals surface area contributed by atoms with E-state index < -0.39 is 61.1 Å². The summed E-state index contributed by atoms with van der Waals surface area (Å²) in [5.74, 6) is -4.13. The van der Waals surface area contributed by atoms with Crippen LogP contribution in [0, 0.1) is 11.8 Å². The van der Waals surface area contributed by atoms with Crippen molar-refractivity contribution >= 4 is 23.9 Å². The summed E-state index contributed by atoms with van der Waals surface area (Å²) in [7, 11) is 1.15. The predicted molar refractivity (Wildman–Crippen MR) is 102 cm³/mol. The summed E-state index contributed by atoms with van der Waals surface area (Å²) in [6.45, 7) is 0.779. The Morgan fingerprint density at radius 1 is 0.833 bits per heavy atom. The van der Waals surface area contributed by atoms with Crippen LogP contribution in [0.4, 0.5) is 0 Å². The fraction of sp³-hybridized carbons (Fsp3) is 0.700. The van der Waals surface area contributed by atoms with Gasteiger partial charge in [-0.25, -0.2) is 9.59 Å². The van der Waals surface area contributed by atoms with Crippen molar-refractivity contribution < 1.29 is 48.3 Å². The first-order chi connectivity index (χ1) is 14.3. The third kappa shape index (κ3) is 9.36. The molecular weight excluding hydrogens is 400 g/mol. The average Bonchev–Trinajstić information content (AvgIpc) is 2.77. The molecule has 0 aromatic carbocycles. The maximum absolute atomic E-state index is 12.4. The van der Waals surface area contributed by atoms with Gasteiger partial charge in [0.2, 0.25) is 0 Å². The van der Waals surface area contributed by atoms with Gasteiger partial charge in [0, 0.05) is 12.2 Å². The van der Waals surface area contributed by atoms with Gasteiger partial charge in [-0.3, -0.25) is 9.59 Å². The molecule has 0 saturated heterocycles. The molecule has 1 fully saturated rings. The monoisotopic (exact) mass is 430 g/mol. The van der Waals surface area contributed by atoms with E-state index >= 15 is 0 Å². The molecule has 0 spiro atoms. The first kappa shape index (κ1) is 25.6. The number of methoxy groups -OCH3 is 1. The van der Waals surface area contributed by atoms with Crippen LogP contribution in [-0.4, -0.2) is 73.2 Å². The molecule has 1 rings (SSSR count). The Labute approximate surface area is 175 Å². The van der Waals surface area contributed by atoms with Gasteiger partial charge in [0.1, 0.15) is 25.9 Å². The Bertz CT molecular complexity index is 615. The summed E-state index contributed by atoms with van der Waals surface area (Å²) in [6, 6.07) is 0. The molecule has 0 aromatic rings. The van der Waals surface area contributed by atoms with Gasteiger partial charge in [-0.1, -0.05) is 19.8 Å². The highest BCUT2D eigenvalue weighted by atomic mass is 16.6. The first-order valence-corrected chi connectivity index (χ1v) is 9.90. The summed E-state index contributed by atoms with van der Waals surface area (Å²) in [6.07, 6.45) is 2.62. The van der Waals surface area contributed by atoms with Gasteiger partial charge < -0.3 is 29.2 Å². The minimum absolute atomic E-state index is 0.123. The van der Waals surface area contributed by atoms with Crippen molar-refractivity contribution in [3.05, 3.63) is 12.2 Å². The van der Waals surface area contributed by atoms with Gasteiger partial charge in [0.25, 0.3) is 0 Å². The lowest BCUT2D eigenvalue weighted by Crippen LogP contribution is -2.37. The van der Waals surface area contributed by atoms with Crippen molar-refractivity contribution in [3.8, 4) is 0 Å². The smallest absolute Gasteiger partial charge is 0.331 e. The highest BCUT2D eigenvalue weighted by Crippen LogP contribution is 2.32. The number of aliphatic hydroxyl groups excluding tert-OH is 2.